The first-order valence-corrected chi connectivity index (χ1v) is 17.3. The van der Waals surface area contributed by atoms with Crippen LogP contribution in [0.3, 0.4) is 0 Å². The zero-order chi connectivity index (χ0) is 35.1. The first kappa shape index (κ1) is 37.0. The number of aliphatic hydroxyl groups is 5. The Morgan fingerprint density at radius 3 is 2.49 bits per heavy atom. The number of aromatic nitrogens is 1. The zero-order valence-corrected chi connectivity index (χ0v) is 28.9. The van der Waals surface area contributed by atoms with E-state index in [1.807, 2.05) is 42.7 Å². The SMILES string of the molecule is Cc1cc(COC2(c3cnccc3-c3ccccc3OC3CC3)CC2)c(Cl)cc1CCCCN(C)C(=O)NCC(O)C(O)C(O)C(O)CO. The van der Waals surface area contributed by atoms with Crippen molar-refractivity contribution in [2.75, 3.05) is 26.7 Å². The van der Waals surface area contributed by atoms with Crippen LogP contribution in [0.2, 0.25) is 5.02 Å². The van der Waals surface area contributed by atoms with E-state index >= 15 is 0 Å². The molecule has 4 unspecified atom stereocenters. The molecule has 12 heteroatoms. The predicted octanol–water partition coefficient (Wildman–Crippen LogP) is 3.86. The van der Waals surface area contributed by atoms with Gasteiger partial charge in [0.1, 0.15) is 24.1 Å². The Labute approximate surface area is 292 Å². The maximum absolute atomic E-state index is 12.4. The number of hydrogen-bond donors (Lipinski definition) is 6. The van der Waals surface area contributed by atoms with Crippen LogP contribution >= 0.6 is 11.6 Å². The maximum atomic E-state index is 12.4. The summed E-state index contributed by atoms with van der Waals surface area (Å²) < 4.78 is 12.9. The lowest BCUT2D eigenvalue weighted by Gasteiger charge is -2.26. The molecule has 0 bridgehead atoms. The Balaban J connectivity index is 1.11. The molecule has 1 heterocycles. The number of para-hydroxylation sites is 1. The second kappa shape index (κ2) is 16.6. The number of carbonyl (C=O) groups excluding carboxylic acids is 1. The molecule has 5 rings (SSSR count). The average molecular weight is 698 g/mol. The van der Waals surface area contributed by atoms with Gasteiger partial charge in [0.05, 0.1) is 31.0 Å². The van der Waals surface area contributed by atoms with Gasteiger partial charge in [-0.1, -0.05) is 35.9 Å². The second-order valence-electron chi connectivity index (χ2n) is 13.3. The summed E-state index contributed by atoms with van der Waals surface area (Å²) in [6.45, 7) is 1.80. The number of nitrogens with one attached hydrogen (secondary N) is 1. The van der Waals surface area contributed by atoms with Crippen LogP contribution < -0.4 is 10.1 Å². The van der Waals surface area contributed by atoms with Gasteiger partial charge in [0.25, 0.3) is 0 Å². The highest BCUT2D eigenvalue weighted by Crippen LogP contribution is 2.53. The normalized spacial score (nSPS) is 17.6. The number of carbonyl (C=O) groups is 1. The molecule has 0 radical (unpaired) electrons. The summed E-state index contributed by atoms with van der Waals surface area (Å²) in [4.78, 5) is 18.4. The van der Waals surface area contributed by atoms with E-state index in [4.69, 9.17) is 26.2 Å². The molecule has 2 aliphatic carbocycles. The Hall–Kier alpha value is -3.29. The van der Waals surface area contributed by atoms with Crippen LogP contribution in [0.5, 0.6) is 5.75 Å². The lowest BCUT2D eigenvalue weighted by molar-refractivity contribution is -0.113. The lowest BCUT2D eigenvalue weighted by Crippen LogP contribution is -2.51. The number of aryl methyl sites for hydroxylation is 2. The number of urea groups is 1. The van der Waals surface area contributed by atoms with E-state index in [1.165, 1.54) is 4.90 Å². The summed E-state index contributed by atoms with van der Waals surface area (Å²) in [5.41, 5.74) is 5.95. The molecule has 266 valence electrons. The molecule has 4 atom stereocenters. The van der Waals surface area contributed by atoms with Gasteiger partial charge in [0.2, 0.25) is 0 Å². The van der Waals surface area contributed by atoms with Gasteiger partial charge in [-0.2, -0.15) is 0 Å². The highest BCUT2D eigenvalue weighted by atomic mass is 35.5. The van der Waals surface area contributed by atoms with E-state index in [9.17, 15) is 25.2 Å². The number of unbranched alkanes of at least 4 members (excludes halogenated alkanes) is 1. The van der Waals surface area contributed by atoms with Crippen molar-refractivity contribution in [2.24, 2.45) is 0 Å². The molecule has 2 fully saturated rings. The fraction of sp³-hybridized carbons (Fsp3) is 0.514. The van der Waals surface area contributed by atoms with Crippen molar-refractivity contribution < 1.29 is 39.8 Å². The fourth-order valence-electron chi connectivity index (χ4n) is 5.91. The van der Waals surface area contributed by atoms with Gasteiger partial charge in [-0.3, -0.25) is 4.98 Å². The second-order valence-corrected chi connectivity index (χ2v) is 13.7. The Bertz CT molecular complexity index is 1570. The number of aliphatic hydroxyl groups excluding tert-OH is 5. The molecule has 49 heavy (non-hydrogen) atoms. The van der Waals surface area contributed by atoms with Crippen molar-refractivity contribution in [3.63, 3.8) is 0 Å². The number of hydrogen-bond acceptors (Lipinski definition) is 9. The van der Waals surface area contributed by atoms with Crippen LogP contribution in [0.4, 0.5) is 4.79 Å². The number of nitrogens with zero attached hydrogens (tertiary/aromatic N) is 2. The standard InChI is InChI=1S/C37H48ClN3O8/c1-23-17-25(22-48-37(13-14-37)29-19-39-15-12-27(29)28-8-3-4-9-33(28)49-26-10-11-26)30(38)18-24(23)7-5-6-16-41(2)36(47)40-20-31(43)34(45)35(46)32(44)21-42/h3-4,8-9,12,15,17-19,26,31-32,34-35,42-46H,5-7,10-11,13-14,16,20-22H2,1-2H3,(H,40,47). The van der Waals surface area contributed by atoms with Crippen molar-refractivity contribution >= 4 is 17.6 Å². The van der Waals surface area contributed by atoms with Gasteiger partial charge < -0.3 is 45.2 Å². The summed E-state index contributed by atoms with van der Waals surface area (Å²) in [6, 6.07) is 13.8. The lowest BCUT2D eigenvalue weighted by atomic mass is 9.96. The molecule has 2 amide bonds. The maximum Gasteiger partial charge on any atom is 0.317 e. The van der Waals surface area contributed by atoms with Crippen molar-refractivity contribution in [1.29, 1.82) is 0 Å². The largest absolute Gasteiger partial charge is 0.490 e. The van der Waals surface area contributed by atoms with Crippen LogP contribution in [0, 0.1) is 6.92 Å². The molecule has 0 spiro atoms. The fourth-order valence-corrected chi connectivity index (χ4v) is 6.15. The molecule has 3 aromatic rings. The molecule has 2 aliphatic rings. The average Bonchev–Trinajstić information content (AvgIpc) is 4.06. The summed E-state index contributed by atoms with van der Waals surface area (Å²) in [6.07, 6.45) is 3.73. The topological polar surface area (TPSA) is 165 Å². The number of benzene rings is 2. The predicted molar refractivity (Wildman–Crippen MR) is 185 cm³/mol. The minimum Gasteiger partial charge on any atom is -0.490 e. The van der Waals surface area contributed by atoms with Gasteiger partial charge in [-0.15, -0.1) is 0 Å². The highest BCUT2D eigenvalue weighted by Gasteiger charge is 2.48. The molecular weight excluding hydrogens is 650 g/mol. The quantitative estimate of drug-likeness (QED) is 0.108. The van der Waals surface area contributed by atoms with Crippen LogP contribution in [0.25, 0.3) is 11.1 Å². The first-order valence-electron chi connectivity index (χ1n) is 17.0. The number of halogens is 1. The van der Waals surface area contributed by atoms with E-state index < -0.39 is 42.7 Å². The molecule has 0 saturated heterocycles. The minimum atomic E-state index is -1.75. The van der Waals surface area contributed by atoms with Gasteiger partial charge >= 0.3 is 6.03 Å². The van der Waals surface area contributed by atoms with Gasteiger partial charge in [0, 0.05) is 48.7 Å². The van der Waals surface area contributed by atoms with E-state index in [-0.39, 0.29) is 6.54 Å². The third kappa shape index (κ3) is 9.49. The number of rotatable bonds is 18. The van der Waals surface area contributed by atoms with Crippen molar-refractivity contribution in [1.82, 2.24) is 15.2 Å². The smallest absolute Gasteiger partial charge is 0.317 e. The molecular formula is C37H48ClN3O8. The first-order chi connectivity index (χ1) is 23.5. The summed E-state index contributed by atoms with van der Waals surface area (Å²) >= 11 is 6.78. The van der Waals surface area contributed by atoms with Crippen molar-refractivity contribution in [2.45, 2.75) is 94.6 Å². The third-order valence-corrected chi connectivity index (χ3v) is 9.70. The van der Waals surface area contributed by atoms with Crippen molar-refractivity contribution in [3.8, 4) is 16.9 Å². The van der Waals surface area contributed by atoms with Crippen molar-refractivity contribution in [3.05, 3.63) is 82.1 Å². The van der Waals surface area contributed by atoms with Crippen LogP contribution in [-0.2, 0) is 23.4 Å². The molecule has 11 nitrogen and oxygen atoms in total. The molecule has 6 N–H and O–H groups in total. The summed E-state index contributed by atoms with van der Waals surface area (Å²) in [7, 11) is 1.63. The van der Waals surface area contributed by atoms with Crippen LogP contribution in [-0.4, -0.2) is 98.7 Å². The Morgan fingerprint density at radius 2 is 1.78 bits per heavy atom. The highest BCUT2D eigenvalue weighted by molar-refractivity contribution is 6.31. The van der Waals surface area contributed by atoms with E-state index in [0.29, 0.717) is 24.3 Å². The van der Waals surface area contributed by atoms with E-state index in [2.05, 4.69) is 29.4 Å². The minimum absolute atomic E-state index is 0.296. The molecule has 2 saturated carbocycles. The molecule has 1 aromatic heterocycles. The molecule has 2 aromatic carbocycles. The number of ether oxygens (including phenoxy) is 2. The zero-order valence-electron chi connectivity index (χ0n) is 28.1. The Kier molecular flexibility index (Phi) is 12.5. The monoisotopic (exact) mass is 697 g/mol. The van der Waals surface area contributed by atoms with E-state index in [1.54, 1.807) is 7.05 Å². The summed E-state index contributed by atoms with van der Waals surface area (Å²) in [5, 5.41) is 51.2. The van der Waals surface area contributed by atoms with Crippen LogP contribution in [0.1, 0.15) is 60.8 Å². The van der Waals surface area contributed by atoms with Gasteiger partial charge in [-0.25, -0.2) is 4.79 Å². The van der Waals surface area contributed by atoms with Gasteiger partial charge in [0.15, 0.2) is 0 Å². The number of amides is 2. The van der Waals surface area contributed by atoms with E-state index in [0.717, 1.165) is 84.1 Å². The van der Waals surface area contributed by atoms with Gasteiger partial charge in [-0.05, 0) is 92.3 Å². The third-order valence-electron chi connectivity index (χ3n) is 9.34. The summed E-state index contributed by atoms with van der Waals surface area (Å²) in [5.74, 6) is 0.892. The molecule has 0 aliphatic heterocycles. The Morgan fingerprint density at radius 1 is 1.04 bits per heavy atom. The number of pyridine rings is 1. The van der Waals surface area contributed by atoms with Crippen LogP contribution in [0.15, 0.2) is 54.9 Å².